The molecule has 0 heterocycles. The zero-order valence-corrected chi connectivity index (χ0v) is 74.5. The minimum Gasteiger partial charge on any atom is -0.508 e. The van der Waals surface area contributed by atoms with Crippen LogP contribution in [0.1, 0.15) is 143 Å². The minimum atomic E-state index is -2.26. The average molecular weight is 1880 g/mol. The van der Waals surface area contributed by atoms with E-state index in [0.29, 0.717) is 24.0 Å². The molecule has 8 unspecified atom stereocenters. The van der Waals surface area contributed by atoms with Gasteiger partial charge in [-0.2, -0.15) is 12.6 Å². The number of hydrogen-bond donors (Lipinski definition) is 32. The number of nitrogens with two attached hydrogens (primary N) is 5. The van der Waals surface area contributed by atoms with Gasteiger partial charge in [0.25, 0.3) is 0 Å². The van der Waals surface area contributed by atoms with Crippen LogP contribution in [0.3, 0.4) is 0 Å². The number of thiol groups is 1. The number of carboxylic acid groups (broad SMARTS) is 3. The van der Waals surface area contributed by atoms with E-state index >= 15 is 0 Å². The number of nitrogens with one attached hydrogen (secondary N) is 18. The van der Waals surface area contributed by atoms with Crippen molar-refractivity contribution >= 4 is 131 Å². The number of primary amides is 1. The highest BCUT2D eigenvalue weighted by Crippen LogP contribution is 2.18. The lowest BCUT2D eigenvalue weighted by atomic mass is 9.99. The highest BCUT2D eigenvalue weighted by atomic mass is 32.1. The van der Waals surface area contributed by atoms with Gasteiger partial charge in [-0.05, 0) is 137 Å². The summed E-state index contributed by atoms with van der Waals surface area (Å²) in [4.78, 5) is 258. The van der Waals surface area contributed by atoms with E-state index in [9.17, 15) is 132 Å². The summed E-state index contributed by atoms with van der Waals surface area (Å²) in [6.45, 7) is 5.90. The standard InChI is InChI=1S/C80H129N23O27S/c1-39(2)26-49(69(119)91-46(12-7-9-23-81)66(116)90-47(13-8-10-24-82)67(117)96-52(30-43-17-21-45(108)22-18-43)71(121)92-48(14-11-25-87-80(84)85)68(118)101-59(37-106)79(129)130)93-70(120)50(27-40(3)4)94-78(128)60(38-131)102-72(122)53(31-61(83)109)97-76(126)57(35-104)100-77(127)58(36-105)99-74(124)55(33-64(113)114)98-73(123)54(32-63(111)112)89-62(110)34-88-65(115)51(29-42-15-19-44(107)20-16-42)95-75(125)56(103-86)28-41(5)6/h15-22,39-41,46-60,103-108,131H,7-14,23-38,81-82,86H2,1-6H3,(H2,83,109)(H,88,115)(H,89,110)(H,90,116)(H,91,119)(H,92,121)(H,93,120)(H,94,128)(H,95,125)(H,96,117)(H,97,126)(H,98,123)(H,99,124)(H,100,127)(H,101,118)(H,102,122)(H,111,112)(H,113,114)(H,129,130)(H4,84,85,87)/t46?,47-,48-,49-,50?,51?,52?,53?,54?,55-,56-,57-,58?,59?,60-/m0/s1. The Morgan fingerprint density at radius 3 is 0.992 bits per heavy atom. The number of guanidine groups is 1. The lowest BCUT2D eigenvalue weighted by molar-refractivity contribution is -0.143. The summed E-state index contributed by atoms with van der Waals surface area (Å²) >= 11 is 4.20. The van der Waals surface area contributed by atoms with Gasteiger partial charge in [-0.15, -0.1) is 0 Å². The Morgan fingerprint density at radius 2 is 0.641 bits per heavy atom. The fourth-order valence-electron chi connectivity index (χ4n) is 12.6. The molecule has 50 nitrogen and oxygen atoms in total. The van der Waals surface area contributed by atoms with E-state index < -0.39 is 266 Å². The van der Waals surface area contributed by atoms with Gasteiger partial charge in [0.05, 0.1) is 51.7 Å². The van der Waals surface area contributed by atoms with E-state index in [-0.39, 0.29) is 114 Å². The average Bonchev–Trinajstić information content (AvgIpc) is 0.837. The van der Waals surface area contributed by atoms with Crippen LogP contribution >= 0.6 is 12.6 Å². The zero-order valence-electron chi connectivity index (χ0n) is 73.7. The number of rotatable bonds is 64. The number of phenolic OH excluding ortho intramolecular Hbond substituents is 2. The second kappa shape index (κ2) is 60.2. The van der Waals surface area contributed by atoms with Gasteiger partial charge in [0.2, 0.25) is 94.5 Å². The fourth-order valence-corrected chi connectivity index (χ4v) is 12.9. The first-order valence-electron chi connectivity index (χ1n) is 42.1. The molecular formula is C80H129N23O27S. The second-order valence-electron chi connectivity index (χ2n) is 32.0. The van der Waals surface area contributed by atoms with Gasteiger partial charge < -0.3 is 149 Å². The van der Waals surface area contributed by atoms with Crippen LogP contribution in [-0.4, -0.2) is 302 Å². The molecule has 2 aromatic rings. The van der Waals surface area contributed by atoms with E-state index in [4.69, 9.17) is 34.2 Å². The van der Waals surface area contributed by atoms with Crippen LogP contribution in [0.5, 0.6) is 11.5 Å². The number of carbonyl (C=O) groups excluding carboxylic acids is 16. The van der Waals surface area contributed by atoms with Crippen molar-refractivity contribution in [2.75, 3.05) is 51.8 Å². The van der Waals surface area contributed by atoms with Gasteiger partial charge in [-0.3, -0.25) is 97.6 Å². The van der Waals surface area contributed by atoms with Gasteiger partial charge in [-0.25, -0.2) is 10.2 Å². The molecule has 0 aromatic heterocycles. The molecule has 131 heavy (non-hydrogen) atoms. The summed E-state index contributed by atoms with van der Waals surface area (Å²) in [7, 11) is 0. The molecule has 0 aliphatic heterocycles. The van der Waals surface area contributed by atoms with Crippen molar-refractivity contribution in [3.63, 3.8) is 0 Å². The van der Waals surface area contributed by atoms with Crippen molar-refractivity contribution in [1.29, 1.82) is 5.41 Å². The first kappa shape index (κ1) is 114. The van der Waals surface area contributed by atoms with Crippen molar-refractivity contribution in [3.8, 4) is 11.5 Å². The molecular weight excluding hydrogens is 1750 g/mol. The first-order valence-corrected chi connectivity index (χ1v) is 42.8. The molecule has 2 rings (SSSR count). The number of aliphatic hydroxyl groups is 3. The number of aliphatic carboxylic acids is 3. The molecule has 15 atom stereocenters. The smallest absolute Gasteiger partial charge is 0.328 e. The SMILES string of the molecule is CC(C)CC(NC(=O)[C@H](CS)NC(=O)C(CC(N)=O)NC(=O)[C@H](CO)NC(=O)C(CO)NC(=O)[C@H](CC(=O)O)NC(=O)C(CC(=O)O)NC(=O)CNC(=O)C(Cc1ccc(O)cc1)NC(=O)[C@H](CC(C)C)NN)C(=O)N[C@@H](CC(C)C)C(=O)NC(CCCCN)C(=O)N[C@@H](CCCCN)C(=O)NC(Cc1ccc(O)cc1)C(=O)N[C@@H](CCCNC(=N)N)C(=O)NC(CO)C(=O)O. The summed E-state index contributed by atoms with van der Waals surface area (Å²) in [6, 6.07) is -14.8. The van der Waals surface area contributed by atoms with Crippen LogP contribution < -0.4 is 119 Å². The van der Waals surface area contributed by atoms with E-state index in [2.05, 4.69) is 81.9 Å². The molecule has 0 spiro atoms. The minimum absolute atomic E-state index is 0.0169. The van der Waals surface area contributed by atoms with Crippen LogP contribution in [0.2, 0.25) is 0 Å². The number of carbonyl (C=O) groups is 19. The molecule has 0 bridgehead atoms. The van der Waals surface area contributed by atoms with Gasteiger partial charge in [0.15, 0.2) is 5.96 Å². The van der Waals surface area contributed by atoms with Crippen LogP contribution in [0.25, 0.3) is 0 Å². The molecule has 0 fully saturated rings. The third-order valence-electron chi connectivity index (χ3n) is 19.4. The molecule has 51 heteroatoms. The quantitative estimate of drug-likeness (QED) is 0.00730. The van der Waals surface area contributed by atoms with Crippen LogP contribution in [0.15, 0.2) is 48.5 Å². The number of unbranched alkanes of at least 4 members (excludes halogenated alkanes) is 2. The maximum atomic E-state index is 14.7. The Bertz CT molecular complexity index is 4170. The number of amides is 16. The van der Waals surface area contributed by atoms with Crippen molar-refractivity contribution < 1.29 is 132 Å². The first-order chi connectivity index (χ1) is 61.7. The van der Waals surface area contributed by atoms with E-state index in [0.717, 1.165) is 0 Å². The van der Waals surface area contributed by atoms with Crippen molar-refractivity contribution in [2.45, 2.75) is 235 Å². The molecule has 0 aliphatic rings. The Labute approximate surface area is 760 Å². The van der Waals surface area contributed by atoms with E-state index in [1.165, 1.54) is 48.5 Å². The molecule has 2 aromatic carbocycles. The molecule has 0 saturated heterocycles. The zero-order chi connectivity index (χ0) is 98.9. The highest BCUT2D eigenvalue weighted by molar-refractivity contribution is 7.80. The molecule has 0 radical (unpaired) electrons. The Kier molecular flexibility index (Phi) is 52.6. The fraction of sp³-hybridized carbons (Fsp3) is 0.600. The van der Waals surface area contributed by atoms with E-state index in [1.807, 2.05) is 21.3 Å². The van der Waals surface area contributed by atoms with Crippen molar-refractivity contribution in [3.05, 3.63) is 59.7 Å². The van der Waals surface area contributed by atoms with Gasteiger partial charge >= 0.3 is 17.9 Å². The number of carboxylic acids is 3. The number of aliphatic hydroxyl groups excluding tert-OH is 3. The molecule has 0 saturated carbocycles. The van der Waals surface area contributed by atoms with Gasteiger partial charge in [0, 0.05) is 25.1 Å². The van der Waals surface area contributed by atoms with Gasteiger partial charge in [-0.1, -0.05) is 65.8 Å². The van der Waals surface area contributed by atoms with E-state index in [1.54, 1.807) is 41.5 Å². The maximum absolute atomic E-state index is 14.7. The van der Waals surface area contributed by atoms with Crippen molar-refractivity contribution in [1.82, 2.24) is 90.5 Å². The van der Waals surface area contributed by atoms with Crippen molar-refractivity contribution in [2.24, 2.45) is 46.5 Å². The number of hydrazine groups is 1. The number of benzene rings is 2. The summed E-state index contributed by atoms with van der Waals surface area (Å²) in [5.41, 5.74) is 25.7. The summed E-state index contributed by atoms with van der Waals surface area (Å²) in [6.07, 6.45) is -3.40. The largest absolute Gasteiger partial charge is 0.508 e. The highest BCUT2D eigenvalue weighted by Gasteiger charge is 2.40. The third kappa shape index (κ3) is 44.5. The Hall–Kier alpha value is -12.7. The molecule has 36 N–H and O–H groups in total. The predicted molar refractivity (Wildman–Crippen MR) is 469 cm³/mol. The summed E-state index contributed by atoms with van der Waals surface area (Å²) in [5.74, 6) is -20.1. The lowest BCUT2D eigenvalue weighted by Gasteiger charge is -2.29. The number of phenols is 2. The molecule has 732 valence electrons. The summed E-state index contributed by atoms with van der Waals surface area (Å²) in [5, 5.41) is 124. The predicted octanol–water partition coefficient (Wildman–Crippen LogP) is -9.91. The molecule has 0 aliphatic carbocycles. The third-order valence-corrected chi connectivity index (χ3v) is 19.8. The number of aromatic hydroxyl groups is 2. The normalized spacial score (nSPS) is 14.6. The Morgan fingerprint density at radius 1 is 0.351 bits per heavy atom. The summed E-state index contributed by atoms with van der Waals surface area (Å²) < 4.78 is 0. The maximum Gasteiger partial charge on any atom is 0.328 e. The second-order valence-corrected chi connectivity index (χ2v) is 32.3. The topological polar surface area (TPSA) is 845 Å². The Balaban J connectivity index is 2.42. The van der Waals surface area contributed by atoms with Gasteiger partial charge in [0.1, 0.15) is 96.1 Å². The van der Waals surface area contributed by atoms with Crippen LogP contribution in [0.4, 0.5) is 0 Å². The molecule has 16 amide bonds. The monoisotopic (exact) mass is 1880 g/mol. The van der Waals surface area contributed by atoms with Crippen LogP contribution in [0, 0.1) is 23.2 Å². The number of hydrogen-bond acceptors (Lipinski definition) is 30. The van der Waals surface area contributed by atoms with Crippen LogP contribution in [-0.2, 0) is 104 Å². The lowest BCUT2D eigenvalue weighted by Crippen LogP contribution is -2.62.